The fourth-order valence-corrected chi connectivity index (χ4v) is 5.05. The highest BCUT2D eigenvalue weighted by Crippen LogP contribution is 2.49. The number of hydrogen-bond acceptors (Lipinski definition) is 2. The third kappa shape index (κ3) is 4.19. The van der Waals surface area contributed by atoms with E-state index in [1.807, 2.05) is 0 Å². The van der Waals surface area contributed by atoms with E-state index in [-0.39, 0.29) is 5.60 Å². The van der Waals surface area contributed by atoms with Crippen LogP contribution in [0.4, 0.5) is 0 Å². The van der Waals surface area contributed by atoms with Crippen molar-refractivity contribution in [1.29, 1.82) is 0 Å². The smallest absolute Gasteiger partial charge is 0.123 e. The molecule has 0 spiro atoms. The van der Waals surface area contributed by atoms with Gasteiger partial charge in [0.05, 0.1) is 6.54 Å². The molecule has 0 aromatic heterocycles. The van der Waals surface area contributed by atoms with E-state index in [2.05, 4.69) is 63.6 Å². The minimum absolute atomic E-state index is 0.143. The second-order valence-electron chi connectivity index (χ2n) is 9.38. The van der Waals surface area contributed by atoms with Crippen LogP contribution in [0.3, 0.4) is 0 Å². The van der Waals surface area contributed by atoms with E-state index in [9.17, 15) is 0 Å². The summed E-state index contributed by atoms with van der Waals surface area (Å²) in [5.74, 6) is 6.23. The summed E-state index contributed by atoms with van der Waals surface area (Å²) in [7, 11) is 0. The molecule has 0 bridgehead atoms. The number of ether oxygens (including phenoxy) is 1. The van der Waals surface area contributed by atoms with Gasteiger partial charge in [-0.3, -0.25) is 4.90 Å². The van der Waals surface area contributed by atoms with Gasteiger partial charge in [-0.05, 0) is 42.9 Å². The molecule has 2 aliphatic heterocycles. The summed E-state index contributed by atoms with van der Waals surface area (Å²) in [6.07, 6.45) is 10.8. The maximum atomic E-state index is 6.55. The first-order chi connectivity index (χ1) is 12.9. The molecule has 3 rings (SSSR count). The zero-order valence-corrected chi connectivity index (χ0v) is 17.9. The van der Waals surface area contributed by atoms with Gasteiger partial charge < -0.3 is 4.74 Å². The van der Waals surface area contributed by atoms with Gasteiger partial charge in [0.2, 0.25) is 0 Å². The van der Waals surface area contributed by atoms with Gasteiger partial charge in [0.25, 0.3) is 0 Å². The van der Waals surface area contributed by atoms with Crippen molar-refractivity contribution in [3.8, 4) is 18.1 Å². The Bertz CT molecular complexity index is 686. The molecular formula is C25H37NO. The molecule has 2 heterocycles. The SMILES string of the molecule is C#CCN1CC2c3ccc(C(C)C(C)CCCCC)cc3OC(C)(C)C2C1. The average molecular weight is 368 g/mol. The lowest BCUT2D eigenvalue weighted by molar-refractivity contribution is 0.0242. The highest BCUT2D eigenvalue weighted by molar-refractivity contribution is 5.45. The third-order valence-electron chi connectivity index (χ3n) is 7.06. The first-order valence-electron chi connectivity index (χ1n) is 10.9. The monoisotopic (exact) mass is 367 g/mol. The van der Waals surface area contributed by atoms with Crippen LogP contribution in [0.5, 0.6) is 5.75 Å². The Morgan fingerprint density at radius 1 is 1.26 bits per heavy atom. The van der Waals surface area contributed by atoms with E-state index in [0.717, 1.165) is 25.4 Å². The minimum Gasteiger partial charge on any atom is -0.487 e. The summed E-state index contributed by atoms with van der Waals surface area (Å²) in [4.78, 5) is 2.40. The zero-order chi connectivity index (χ0) is 19.6. The van der Waals surface area contributed by atoms with E-state index in [1.165, 1.54) is 36.8 Å². The molecule has 1 fully saturated rings. The predicted molar refractivity (Wildman–Crippen MR) is 114 cm³/mol. The number of fused-ring (bicyclic) bond motifs is 3. The largest absolute Gasteiger partial charge is 0.487 e. The number of likely N-dealkylation sites (tertiary alicyclic amines) is 1. The van der Waals surface area contributed by atoms with Crippen molar-refractivity contribution in [2.75, 3.05) is 19.6 Å². The first kappa shape index (κ1) is 20.3. The van der Waals surface area contributed by atoms with Crippen LogP contribution in [-0.4, -0.2) is 30.1 Å². The van der Waals surface area contributed by atoms with Gasteiger partial charge in [-0.25, -0.2) is 0 Å². The van der Waals surface area contributed by atoms with Gasteiger partial charge in [-0.2, -0.15) is 0 Å². The highest BCUT2D eigenvalue weighted by Gasteiger charge is 2.48. The van der Waals surface area contributed by atoms with E-state index < -0.39 is 0 Å². The summed E-state index contributed by atoms with van der Waals surface area (Å²) in [5, 5.41) is 0. The van der Waals surface area contributed by atoms with Crippen molar-refractivity contribution in [1.82, 2.24) is 4.90 Å². The molecule has 4 atom stereocenters. The van der Waals surface area contributed by atoms with Crippen molar-refractivity contribution < 1.29 is 4.74 Å². The summed E-state index contributed by atoms with van der Waals surface area (Å²) in [6.45, 7) is 14.4. The lowest BCUT2D eigenvalue weighted by Crippen LogP contribution is -2.44. The van der Waals surface area contributed by atoms with Gasteiger partial charge >= 0.3 is 0 Å². The van der Waals surface area contributed by atoms with Crippen molar-refractivity contribution in [3.05, 3.63) is 29.3 Å². The van der Waals surface area contributed by atoms with Crippen molar-refractivity contribution >= 4 is 0 Å². The molecule has 0 aliphatic carbocycles. The number of benzene rings is 1. The van der Waals surface area contributed by atoms with E-state index in [1.54, 1.807) is 0 Å². The molecule has 27 heavy (non-hydrogen) atoms. The Morgan fingerprint density at radius 3 is 2.74 bits per heavy atom. The molecule has 1 aromatic rings. The Hall–Kier alpha value is -1.46. The summed E-state index contributed by atoms with van der Waals surface area (Å²) >= 11 is 0. The van der Waals surface area contributed by atoms with Crippen LogP contribution < -0.4 is 4.74 Å². The number of hydrogen-bond donors (Lipinski definition) is 0. The van der Waals surface area contributed by atoms with Crippen LogP contribution in [0, 0.1) is 24.2 Å². The van der Waals surface area contributed by atoms with E-state index in [4.69, 9.17) is 11.2 Å². The number of rotatable bonds is 7. The molecule has 4 unspecified atom stereocenters. The fraction of sp³-hybridized carbons (Fsp3) is 0.680. The van der Waals surface area contributed by atoms with Crippen molar-refractivity contribution in [3.63, 3.8) is 0 Å². The number of nitrogens with zero attached hydrogens (tertiary/aromatic N) is 1. The summed E-state index contributed by atoms with van der Waals surface area (Å²) in [6, 6.07) is 7.02. The molecule has 1 saturated heterocycles. The Labute approximate surface area is 166 Å². The molecule has 2 aliphatic rings. The van der Waals surface area contributed by atoms with Gasteiger partial charge in [0.1, 0.15) is 11.4 Å². The average Bonchev–Trinajstić information content (AvgIpc) is 3.06. The molecule has 0 amide bonds. The lowest BCUT2D eigenvalue weighted by atomic mass is 9.75. The quantitative estimate of drug-likeness (QED) is 0.444. The first-order valence-corrected chi connectivity index (χ1v) is 10.9. The Morgan fingerprint density at radius 2 is 2.04 bits per heavy atom. The van der Waals surface area contributed by atoms with Gasteiger partial charge in [-0.15, -0.1) is 6.42 Å². The Kier molecular flexibility index (Phi) is 6.21. The molecule has 0 N–H and O–H groups in total. The van der Waals surface area contributed by atoms with Crippen LogP contribution in [0.25, 0.3) is 0 Å². The highest BCUT2D eigenvalue weighted by atomic mass is 16.5. The maximum Gasteiger partial charge on any atom is 0.123 e. The molecule has 0 saturated carbocycles. The topological polar surface area (TPSA) is 12.5 Å². The summed E-state index contributed by atoms with van der Waals surface area (Å²) < 4.78 is 6.55. The molecule has 2 nitrogen and oxygen atoms in total. The fourth-order valence-electron chi connectivity index (χ4n) is 5.05. The lowest BCUT2D eigenvalue weighted by Gasteiger charge is -2.42. The Balaban J connectivity index is 1.80. The maximum absolute atomic E-state index is 6.55. The molecule has 148 valence electrons. The van der Waals surface area contributed by atoms with Crippen LogP contribution >= 0.6 is 0 Å². The zero-order valence-electron chi connectivity index (χ0n) is 17.9. The molecule has 2 heteroatoms. The molecule has 1 aromatic carbocycles. The number of terminal acetylenes is 1. The van der Waals surface area contributed by atoms with E-state index in [0.29, 0.717) is 23.7 Å². The third-order valence-corrected chi connectivity index (χ3v) is 7.06. The standard InChI is InChI=1S/C25H37NO/c1-7-9-10-11-18(3)19(4)20-12-13-21-22-16-26(14-8-2)17-23(22)25(5,6)27-24(21)15-20/h2,12-13,15,18-19,22-23H,7,9-11,14,16-17H2,1,3-6H3. The number of unbranched alkanes of at least 4 members (excludes halogenated alkanes) is 2. The van der Waals surface area contributed by atoms with Gasteiger partial charge in [-0.1, -0.05) is 64.5 Å². The molecular weight excluding hydrogens is 330 g/mol. The van der Waals surface area contributed by atoms with Crippen molar-refractivity contribution in [2.45, 2.75) is 77.7 Å². The van der Waals surface area contributed by atoms with Gasteiger partial charge in [0, 0.05) is 24.9 Å². The second kappa shape index (κ2) is 8.27. The summed E-state index contributed by atoms with van der Waals surface area (Å²) in [5.41, 5.74) is 2.66. The van der Waals surface area contributed by atoms with Crippen LogP contribution in [0.1, 0.15) is 83.3 Å². The van der Waals surface area contributed by atoms with Gasteiger partial charge in [0.15, 0.2) is 0 Å². The van der Waals surface area contributed by atoms with Crippen molar-refractivity contribution in [2.24, 2.45) is 11.8 Å². The van der Waals surface area contributed by atoms with Crippen LogP contribution in [0.2, 0.25) is 0 Å². The normalized spacial score (nSPS) is 25.8. The van der Waals surface area contributed by atoms with Crippen LogP contribution in [-0.2, 0) is 0 Å². The van der Waals surface area contributed by atoms with E-state index >= 15 is 0 Å². The minimum atomic E-state index is -0.143. The predicted octanol–water partition coefficient (Wildman–Crippen LogP) is 5.83. The second-order valence-corrected chi connectivity index (χ2v) is 9.38. The molecule has 0 radical (unpaired) electrons. The van der Waals surface area contributed by atoms with Crippen LogP contribution in [0.15, 0.2) is 18.2 Å².